The summed E-state index contributed by atoms with van der Waals surface area (Å²) in [5.74, 6) is 0.888. The highest BCUT2D eigenvalue weighted by Gasteiger charge is 2.20. The molecule has 0 radical (unpaired) electrons. The number of unbranched alkanes of at least 4 members (excludes halogenated alkanes) is 6. The molecule has 1 rings (SSSR count). The summed E-state index contributed by atoms with van der Waals surface area (Å²) >= 11 is 0. The Morgan fingerprint density at radius 2 is 1.70 bits per heavy atom. The number of methoxy groups -OCH3 is 1. The van der Waals surface area contributed by atoms with Gasteiger partial charge in [0.1, 0.15) is 5.75 Å². The van der Waals surface area contributed by atoms with E-state index in [0.717, 1.165) is 12.2 Å². The lowest BCUT2D eigenvalue weighted by Gasteiger charge is -2.25. The Kier molecular flexibility index (Phi) is 7.68. The number of hydrogen-bond acceptors (Lipinski definition) is 2. The predicted octanol–water partition coefficient (Wildman–Crippen LogP) is 5.01. The third kappa shape index (κ3) is 5.96. The van der Waals surface area contributed by atoms with E-state index in [4.69, 9.17) is 10.5 Å². The molecule has 0 heterocycles. The lowest BCUT2D eigenvalue weighted by atomic mass is 9.87. The normalized spacial score (nSPS) is 14.0. The zero-order valence-corrected chi connectivity index (χ0v) is 13.5. The Morgan fingerprint density at radius 3 is 2.35 bits per heavy atom. The Labute approximate surface area is 124 Å². The highest BCUT2D eigenvalue weighted by molar-refractivity contribution is 5.32. The van der Waals surface area contributed by atoms with Crippen LogP contribution >= 0.6 is 0 Å². The monoisotopic (exact) mass is 277 g/mol. The maximum atomic E-state index is 6.47. The fraction of sp³-hybridized carbons (Fsp3) is 0.667. The molecule has 2 N–H and O–H groups in total. The van der Waals surface area contributed by atoms with Crippen molar-refractivity contribution in [1.82, 2.24) is 0 Å². The average Bonchev–Trinajstić information content (AvgIpc) is 2.46. The molecular weight excluding hydrogens is 246 g/mol. The van der Waals surface area contributed by atoms with E-state index in [1.165, 1.54) is 50.5 Å². The SMILES string of the molecule is CCCCCCCCCC(C)(N)c1cccc(OC)c1. The first-order valence-electron chi connectivity index (χ1n) is 8.03. The van der Waals surface area contributed by atoms with E-state index in [-0.39, 0.29) is 5.54 Å². The lowest BCUT2D eigenvalue weighted by Crippen LogP contribution is -2.32. The van der Waals surface area contributed by atoms with E-state index in [1.807, 2.05) is 12.1 Å². The minimum absolute atomic E-state index is 0.252. The molecule has 2 heteroatoms. The molecule has 1 atom stereocenters. The summed E-state index contributed by atoms with van der Waals surface area (Å²) in [5.41, 5.74) is 7.39. The van der Waals surface area contributed by atoms with Crippen molar-refractivity contribution in [2.45, 2.75) is 70.8 Å². The van der Waals surface area contributed by atoms with Gasteiger partial charge in [0.15, 0.2) is 0 Å². The van der Waals surface area contributed by atoms with Crippen LogP contribution in [-0.2, 0) is 5.54 Å². The van der Waals surface area contributed by atoms with Gasteiger partial charge in [-0.15, -0.1) is 0 Å². The highest BCUT2D eigenvalue weighted by Crippen LogP contribution is 2.27. The van der Waals surface area contributed by atoms with Crippen LogP contribution in [0.1, 0.15) is 70.8 Å². The number of ether oxygens (including phenoxy) is 1. The van der Waals surface area contributed by atoms with Gasteiger partial charge in [-0.2, -0.15) is 0 Å². The van der Waals surface area contributed by atoms with Gasteiger partial charge < -0.3 is 10.5 Å². The molecule has 0 aromatic heterocycles. The van der Waals surface area contributed by atoms with Crippen molar-refractivity contribution in [1.29, 1.82) is 0 Å². The summed E-state index contributed by atoms with van der Waals surface area (Å²) in [6.45, 7) is 4.38. The second kappa shape index (κ2) is 9.02. The van der Waals surface area contributed by atoms with Gasteiger partial charge in [-0.1, -0.05) is 64.0 Å². The largest absolute Gasteiger partial charge is 0.497 e. The van der Waals surface area contributed by atoms with E-state index in [2.05, 4.69) is 26.0 Å². The fourth-order valence-electron chi connectivity index (χ4n) is 2.57. The molecular formula is C18H31NO. The van der Waals surface area contributed by atoms with E-state index in [9.17, 15) is 0 Å². The molecule has 1 unspecified atom stereocenters. The third-order valence-electron chi connectivity index (χ3n) is 4.03. The Bertz CT molecular complexity index is 373. The minimum atomic E-state index is -0.252. The average molecular weight is 277 g/mol. The summed E-state index contributed by atoms with van der Waals surface area (Å²) in [6, 6.07) is 8.14. The van der Waals surface area contributed by atoms with Crippen LogP contribution in [0.2, 0.25) is 0 Å². The van der Waals surface area contributed by atoms with Gasteiger partial charge >= 0.3 is 0 Å². The topological polar surface area (TPSA) is 35.2 Å². The van der Waals surface area contributed by atoms with E-state index >= 15 is 0 Å². The molecule has 0 amide bonds. The number of benzene rings is 1. The van der Waals surface area contributed by atoms with Crippen molar-refractivity contribution in [2.24, 2.45) is 5.73 Å². The summed E-state index contributed by atoms with van der Waals surface area (Å²) in [7, 11) is 1.70. The molecule has 1 aromatic rings. The van der Waals surface area contributed by atoms with Crippen molar-refractivity contribution in [3.8, 4) is 5.75 Å². The molecule has 0 spiro atoms. The maximum absolute atomic E-state index is 6.47. The van der Waals surface area contributed by atoms with Crippen molar-refractivity contribution in [3.63, 3.8) is 0 Å². The summed E-state index contributed by atoms with van der Waals surface area (Å²) in [5, 5.41) is 0. The molecule has 0 aliphatic rings. The van der Waals surface area contributed by atoms with Gasteiger partial charge in [-0.3, -0.25) is 0 Å². The molecule has 0 fully saturated rings. The third-order valence-corrected chi connectivity index (χ3v) is 4.03. The Morgan fingerprint density at radius 1 is 1.05 bits per heavy atom. The van der Waals surface area contributed by atoms with Crippen LogP contribution in [0.3, 0.4) is 0 Å². The van der Waals surface area contributed by atoms with Crippen molar-refractivity contribution >= 4 is 0 Å². The molecule has 20 heavy (non-hydrogen) atoms. The predicted molar refractivity (Wildman–Crippen MR) is 87.1 cm³/mol. The second-order valence-corrected chi connectivity index (χ2v) is 6.02. The zero-order valence-electron chi connectivity index (χ0n) is 13.5. The quantitative estimate of drug-likeness (QED) is 0.610. The van der Waals surface area contributed by atoms with E-state index < -0.39 is 0 Å². The fourth-order valence-corrected chi connectivity index (χ4v) is 2.57. The smallest absolute Gasteiger partial charge is 0.119 e. The van der Waals surface area contributed by atoms with Crippen molar-refractivity contribution in [2.75, 3.05) is 7.11 Å². The second-order valence-electron chi connectivity index (χ2n) is 6.02. The molecule has 0 aliphatic carbocycles. The molecule has 0 aliphatic heterocycles. The summed E-state index contributed by atoms with van der Waals surface area (Å²) < 4.78 is 5.27. The van der Waals surface area contributed by atoms with Crippen LogP contribution in [0.25, 0.3) is 0 Å². The van der Waals surface area contributed by atoms with Crippen LogP contribution in [-0.4, -0.2) is 7.11 Å². The molecule has 0 saturated heterocycles. The van der Waals surface area contributed by atoms with Crippen molar-refractivity contribution < 1.29 is 4.74 Å². The minimum Gasteiger partial charge on any atom is -0.497 e. The van der Waals surface area contributed by atoms with E-state index in [1.54, 1.807) is 7.11 Å². The van der Waals surface area contributed by atoms with Crippen LogP contribution in [0.15, 0.2) is 24.3 Å². The molecule has 114 valence electrons. The molecule has 2 nitrogen and oxygen atoms in total. The zero-order chi connectivity index (χ0) is 14.8. The first kappa shape index (κ1) is 17.0. The lowest BCUT2D eigenvalue weighted by molar-refractivity contribution is 0.401. The van der Waals surface area contributed by atoms with Gasteiger partial charge in [0.2, 0.25) is 0 Å². The van der Waals surface area contributed by atoms with Gasteiger partial charge in [-0.05, 0) is 31.0 Å². The first-order chi connectivity index (χ1) is 9.60. The Hall–Kier alpha value is -1.02. The Balaban J connectivity index is 2.33. The van der Waals surface area contributed by atoms with E-state index in [0.29, 0.717) is 0 Å². The standard InChI is InChI=1S/C18H31NO/c1-4-5-6-7-8-9-10-14-18(2,19)16-12-11-13-17(15-16)20-3/h11-13,15H,4-10,14,19H2,1-3H3. The van der Waals surface area contributed by atoms with Gasteiger partial charge in [0, 0.05) is 5.54 Å². The highest BCUT2D eigenvalue weighted by atomic mass is 16.5. The van der Waals surface area contributed by atoms with Gasteiger partial charge in [-0.25, -0.2) is 0 Å². The van der Waals surface area contributed by atoms with Gasteiger partial charge in [0.05, 0.1) is 7.11 Å². The number of nitrogens with two attached hydrogens (primary N) is 1. The summed E-state index contributed by atoms with van der Waals surface area (Å²) in [6.07, 6.45) is 10.3. The maximum Gasteiger partial charge on any atom is 0.119 e. The van der Waals surface area contributed by atoms with Gasteiger partial charge in [0.25, 0.3) is 0 Å². The van der Waals surface area contributed by atoms with Crippen molar-refractivity contribution in [3.05, 3.63) is 29.8 Å². The van der Waals surface area contributed by atoms with Crippen LogP contribution in [0, 0.1) is 0 Å². The number of hydrogen-bond donors (Lipinski definition) is 1. The van der Waals surface area contributed by atoms with Crippen LogP contribution in [0.4, 0.5) is 0 Å². The molecule has 0 saturated carbocycles. The molecule has 1 aromatic carbocycles. The van der Waals surface area contributed by atoms with Crippen LogP contribution in [0.5, 0.6) is 5.75 Å². The summed E-state index contributed by atoms with van der Waals surface area (Å²) in [4.78, 5) is 0. The number of rotatable bonds is 10. The first-order valence-corrected chi connectivity index (χ1v) is 8.03. The molecule has 0 bridgehead atoms. The van der Waals surface area contributed by atoms with Crippen LogP contribution < -0.4 is 10.5 Å².